The Morgan fingerprint density at radius 3 is 2.62 bits per heavy atom. The molecule has 2 N–H and O–H groups in total. The van der Waals surface area contributed by atoms with E-state index in [-0.39, 0.29) is 12.5 Å². The first-order valence-corrected chi connectivity index (χ1v) is 4.98. The molecule has 1 rings (SSSR count). The van der Waals surface area contributed by atoms with Crippen molar-refractivity contribution in [2.45, 2.75) is 38.7 Å². The summed E-state index contributed by atoms with van der Waals surface area (Å²) < 4.78 is 0. The molecular weight excluding hydrogens is 164 g/mol. The molecule has 1 fully saturated rings. The third kappa shape index (κ3) is 2.12. The van der Waals surface area contributed by atoms with Crippen molar-refractivity contribution in [2.24, 2.45) is 11.8 Å². The van der Waals surface area contributed by atoms with Crippen molar-refractivity contribution in [3.05, 3.63) is 12.2 Å². The van der Waals surface area contributed by atoms with Gasteiger partial charge in [0.25, 0.3) is 0 Å². The van der Waals surface area contributed by atoms with Gasteiger partial charge in [0, 0.05) is 5.92 Å². The third-order valence-electron chi connectivity index (χ3n) is 3.17. The molecule has 76 valence electrons. The Morgan fingerprint density at radius 2 is 2.15 bits per heavy atom. The molecule has 0 heterocycles. The highest BCUT2D eigenvalue weighted by Crippen LogP contribution is 2.39. The topological polar surface area (TPSA) is 40.5 Å². The van der Waals surface area contributed by atoms with Gasteiger partial charge >= 0.3 is 0 Å². The Hall–Kier alpha value is -0.340. The second-order valence-corrected chi connectivity index (χ2v) is 4.55. The zero-order chi connectivity index (χ0) is 10.1. The molecule has 1 aliphatic rings. The second kappa shape index (κ2) is 3.81. The lowest BCUT2D eigenvalue weighted by Gasteiger charge is -2.41. The SMILES string of the molecule is C=C(C)C1CCC(C)CC1(O)CO. The van der Waals surface area contributed by atoms with Gasteiger partial charge in [-0.15, -0.1) is 0 Å². The van der Waals surface area contributed by atoms with Gasteiger partial charge in [-0.25, -0.2) is 0 Å². The molecule has 0 aromatic carbocycles. The minimum Gasteiger partial charge on any atom is -0.393 e. The molecule has 0 aliphatic heterocycles. The minimum absolute atomic E-state index is 0.0775. The van der Waals surface area contributed by atoms with Crippen molar-refractivity contribution in [3.8, 4) is 0 Å². The van der Waals surface area contributed by atoms with Crippen LogP contribution in [0.3, 0.4) is 0 Å². The van der Waals surface area contributed by atoms with Crippen LogP contribution in [0.4, 0.5) is 0 Å². The summed E-state index contributed by atoms with van der Waals surface area (Å²) in [6.45, 7) is 7.78. The van der Waals surface area contributed by atoms with Gasteiger partial charge < -0.3 is 10.2 Å². The fraction of sp³-hybridized carbons (Fsp3) is 0.818. The highest BCUT2D eigenvalue weighted by atomic mass is 16.3. The molecule has 1 aliphatic carbocycles. The summed E-state index contributed by atoms with van der Waals surface area (Å²) >= 11 is 0. The predicted molar refractivity (Wildman–Crippen MR) is 53.4 cm³/mol. The molecule has 0 saturated heterocycles. The van der Waals surface area contributed by atoms with Crippen molar-refractivity contribution >= 4 is 0 Å². The van der Waals surface area contributed by atoms with Crippen LogP contribution in [0.1, 0.15) is 33.1 Å². The molecule has 2 heteroatoms. The van der Waals surface area contributed by atoms with Gasteiger partial charge in [-0.1, -0.05) is 19.1 Å². The highest BCUT2D eigenvalue weighted by molar-refractivity contribution is 5.08. The smallest absolute Gasteiger partial charge is 0.0944 e. The van der Waals surface area contributed by atoms with Gasteiger partial charge in [0.05, 0.1) is 12.2 Å². The quantitative estimate of drug-likeness (QED) is 0.641. The van der Waals surface area contributed by atoms with Crippen molar-refractivity contribution in [2.75, 3.05) is 6.61 Å². The van der Waals surface area contributed by atoms with Crippen LogP contribution >= 0.6 is 0 Å². The number of hydrogen-bond acceptors (Lipinski definition) is 2. The summed E-state index contributed by atoms with van der Waals surface area (Å²) in [6.07, 6.45) is 2.77. The van der Waals surface area contributed by atoms with E-state index in [1.807, 2.05) is 6.92 Å². The van der Waals surface area contributed by atoms with Gasteiger partial charge in [0.15, 0.2) is 0 Å². The van der Waals surface area contributed by atoms with Crippen LogP contribution in [0.15, 0.2) is 12.2 Å². The van der Waals surface area contributed by atoms with Gasteiger partial charge in [-0.2, -0.15) is 0 Å². The molecule has 13 heavy (non-hydrogen) atoms. The van der Waals surface area contributed by atoms with E-state index in [9.17, 15) is 10.2 Å². The number of hydrogen-bond donors (Lipinski definition) is 2. The van der Waals surface area contributed by atoms with E-state index in [1.165, 1.54) is 0 Å². The number of aliphatic hydroxyl groups excluding tert-OH is 1. The predicted octanol–water partition coefficient (Wildman–Crippen LogP) is 1.72. The maximum absolute atomic E-state index is 10.2. The molecule has 0 aromatic heterocycles. The average Bonchev–Trinajstić information content (AvgIpc) is 2.03. The summed E-state index contributed by atoms with van der Waals surface area (Å²) in [5.74, 6) is 0.585. The van der Waals surface area contributed by atoms with Gasteiger partial charge in [-0.3, -0.25) is 0 Å². The molecule has 0 bridgehead atoms. The van der Waals surface area contributed by atoms with Gasteiger partial charge in [0.2, 0.25) is 0 Å². The van der Waals surface area contributed by atoms with Crippen molar-refractivity contribution in [3.63, 3.8) is 0 Å². The molecule has 3 unspecified atom stereocenters. The molecule has 1 saturated carbocycles. The zero-order valence-corrected chi connectivity index (χ0v) is 8.58. The number of aliphatic hydroxyl groups is 2. The summed E-state index contributed by atoms with van der Waals surface area (Å²) in [5.41, 5.74) is 0.0761. The largest absolute Gasteiger partial charge is 0.393 e. The average molecular weight is 184 g/mol. The van der Waals surface area contributed by atoms with Crippen LogP contribution in [0.2, 0.25) is 0 Å². The van der Waals surface area contributed by atoms with Crippen LogP contribution in [0.5, 0.6) is 0 Å². The van der Waals surface area contributed by atoms with E-state index in [4.69, 9.17) is 0 Å². The Bertz CT molecular complexity index is 200. The van der Waals surface area contributed by atoms with Crippen LogP contribution in [-0.2, 0) is 0 Å². The Labute approximate surface area is 80.3 Å². The second-order valence-electron chi connectivity index (χ2n) is 4.55. The third-order valence-corrected chi connectivity index (χ3v) is 3.17. The standard InChI is InChI=1S/C11H20O2/c1-8(2)10-5-4-9(3)6-11(10,13)7-12/h9-10,12-13H,1,4-7H2,2-3H3. The highest BCUT2D eigenvalue weighted by Gasteiger charge is 2.40. The molecule has 0 aromatic rings. The first kappa shape index (κ1) is 10.7. The normalized spacial score (nSPS) is 40.3. The molecule has 0 spiro atoms. The summed E-state index contributed by atoms with van der Waals surface area (Å²) in [5, 5.41) is 19.4. The first-order valence-electron chi connectivity index (χ1n) is 4.98. The van der Waals surface area contributed by atoms with Gasteiger partial charge in [-0.05, 0) is 32.1 Å². The lowest BCUT2D eigenvalue weighted by atomic mass is 9.69. The fourth-order valence-electron chi connectivity index (χ4n) is 2.45. The van der Waals surface area contributed by atoms with Crippen molar-refractivity contribution < 1.29 is 10.2 Å². The van der Waals surface area contributed by atoms with Crippen LogP contribution in [0, 0.1) is 11.8 Å². The fourth-order valence-corrected chi connectivity index (χ4v) is 2.45. The monoisotopic (exact) mass is 184 g/mol. The first-order chi connectivity index (χ1) is 5.99. The Balaban J connectivity index is 2.78. The number of rotatable bonds is 2. The van der Waals surface area contributed by atoms with E-state index in [2.05, 4.69) is 13.5 Å². The Morgan fingerprint density at radius 1 is 1.54 bits per heavy atom. The molecule has 0 amide bonds. The summed E-state index contributed by atoms with van der Waals surface area (Å²) in [6, 6.07) is 0. The van der Waals surface area contributed by atoms with Crippen molar-refractivity contribution in [1.29, 1.82) is 0 Å². The van der Waals surface area contributed by atoms with E-state index in [1.54, 1.807) is 0 Å². The van der Waals surface area contributed by atoms with E-state index in [0.29, 0.717) is 12.3 Å². The maximum atomic E-state index is 10.2. The minimum atomic E-state index is -0.913. The van der Waals surface area contributed by atoms with E-state index in [0.717, 1.165) is 18.4 Å². The van der Waals surface area contributed by atoms with Gasteiger partial charge in [0.1, 0.15) is 0 Å². The lowest BCUT2D eigenvalue weighted by molar-refractivity contribution is -0.0858. The van der Waals surface area contributed by atoms with Crippen LogP contribution in [0.25, 0.3) is 0 Å². The van der Waals surface area contributed by atoms with E-state index >= 15 is 0 Å². The van der Waals surface area contributed by atoms with E-state index < -0.39 is 5.60 Å². The molecule has 3 atom stereocenters. The Kier molecular flexibility index (Phi) is 3.14. The van der Waals surface area contributed by atoms with Crippen molar-refractivity contribution in [1.82, 2.24) is 0 Å². The van der Waals surface area contributed by atoms with Crippen LogP contribution < -0.4 is 0 Å². The zero-order valence-electron chi connectivity index (χ0n) is 8.58. The van der Waals surface area contributed by atoms with Crippen LogP contribution in [-0.4, -0.2) is 22.4 Å². The molecular formula is C11H20O2. The lowest BCUT2D eigenvalue weighted by Crippen LogP contribution is -2.46. The molecule has 2 nitrogen and oxygen atoms in total. The summed E-state index contributed by atoms with van der Waals surface area (Å²) in [7, 11) is 0. The summed E-state index contributed by atoms with van der Waals surface area (Å²) in [4.78, 5) is 0. The molecule has 0 radical (unpaired) electrons. The maximum Gasteiger partial charge on any atom is 0.0944 e.